The molecule has 0 radical (unpaired) electrons. The van der Waals surface area contributed by atoms with Gasteiger partial charge in [0.2, 0.25) is 0 Å². The molecule has 120 valence electrons. The molecule has 1 amide bonds. The summed E-state index contributed by atoms with van der Waals surface area (Å²) < 4.78 is 31.6. The number of halogens is 2. The predicted molar refractivity (Wildman–Crippen MR) is 79.1 cm³/mol. The maximum absolute atomic E-state index is 13.2. The Morgan fingerprint density at radius 1 is 1.22 bits per heavy atom. The monoisotopic (exact) mass is 319 g/mol. The van der Waals surface area contributed by atoms with Crippen LogP contribution in [0, 0.1) is 11.6 Å². The number of carbonyl (C=O) groups is 1. The summed E-state index contributed by atoms with van der Waals surface area (Å²) in [5.74, 6) is -2.11. The van der Waals surface area contributed by atoms with E-state index in [2.05, 4.69) is 5.32 Å². The molecule has 0 saturated carbocycles. The first-order chi connectivity index (χ1) is 11.0. The van der Waals surface area contributed by atoms with E-state index in [1.54, 1.807) is 24.3 Å². The Hall–Kier alpha value is -2.47. The number of carbonyl (C=O) groups excluding carboxylic acids is 1. The lowest BCUT2D eigenvalue weighted by Crippen LogP contribution is -2.43. The largest absolute Gasteiger partial charge is 0.493 e. The molecule has 1 aliphatic rings. The Bertz CT molecular complexity index is 750. The number of hydrogen-bond acceptors (Lipinski definition) is 3. The molecule has 23 heavy (non-hydrogen) atoms. The SMILES string of the molecule is O=C(NCC1(O)CCOc2ccccc21)c1ccc(F)c(F)c1. The first kappa shape index (κ1) is 15.4. The van der Waals surface area contributed by atoms with Crippen LogP contribution in [-0.2, 0) is 5.60 Å². The second-order valence-corrected chi connectivity index (χ2v) is 5.44. The van der Waals surface area contributed by atoms with E-state index in [0.29, 0.717) is 24.3 Å². The fraction of sp³-hybridized carbons (Fsp3) is 0.235. The molecule has 0 saturated heterocycles. The quantitative estimate of drug-likeness (QED) is 0.913. The lowest BCUT2D eigenvalue weighted by atomic mass is 9.88. The summed E-state index contributed by atoms with van der Waals surface area (Å²) in [7, 11) is 0. The van der Waals surface area contributed by atoms with Gasteiger partial charge in [-0.1, -0.05) is 18.2 Å². The molecule has 0 fully saturated rings. The van der Waals surface area contributed by atoms with Crippen molar-refractivity contribution in [3.8, 4) is 5.75 Å². The Morgan fingerprint density at radius 3 is 2.78 bits per heavy atom. The molecule has 1 unspecified atom stereocenters. The molecular weight excluding hydrogens is 304 g/mol. The summed E-state index contributed by atoms with van der Waals surface area (Å²) in [6.45, 7) is 0.278. The van der Waals surface area contributed by atoms with Crippen LogP contribution in [0.1, 0.15) is 22.3 Å². The van der Waals surface area contributed by atoms with Gasteiger partial charge in [-0.25, -0.2) is 8.78 Å². The number of amides is 1. The van der Waals surface area contributed by atoms with Crippen molar-refractivity contribution in [1.82, 2.24) is 5.32 Å². The highest BCUT2D eigenvalue weighted by atomic mass is 19.2. The van der Waals surface area contributed by atoms with Gasteiger partial charge >= 0.3 is 0 Å². The third-order valence-electron chi connectivity index (χ3n) is 3.88. The summed E-state index contributed by atoms with van der Waals surface area (Å²) in [4.78, 5) is 12.1. The van der Waals surface area contributed by atoms with Gasteiger partial charge in [-0.2, -0.15) is 0 Å². The standard InChI is InChI=1S/C17H15F2NO3/c18-13-6-5-11(9-14(13)19)16(21)20-10-17(22)7-8-23-15-4-2-1-3-12(15)17/h1-6,9,22H,7-8,10H2,(H,20,21). The minimum absolute atomic E-state index is 0.00663. The molecule has 1 aliphatic heterocycles. The second kappa shape index (κ2) is 5.96. The number of rotatable bonds is 3. The van der Waals surface area contributed by atoms with Crippen LogP contribution in [-0.4, -0.2) is 24.2 Å². The average Bonchev–Trinajstić information content (AvgIpc) is 2.56. The number of fused-ring (bicyclic) bond motifs is 1. The highest BCUT2D eigenvalue weighted by molar-refractivity contribution is 5.94. The van der Waals surface area contributed by atoms with E-state index in [1.165, 1.54) is 6.07 Å². The Labute approximate surface area is 131 Å². The van der Waals surface area contributed by atoms with E-state index in [1.807, 2.05) is 0 Å². The Morgan fingerprint density at radius 2 is 2.00 bits per heavy atom. The van der Waals surface area contributed by atoms with Crippen LogP contribution in [0.3, 0.4) is 0 Å². The number of hydrogen-bond donors (Lipinski definition) is 2. The molecule has 2 aromatic carbocycles. The topological polar surface area (TPSA) is 58.6 Å². The number of benzene rings is 2. The van der Waals surface area contributed by atoms with Crippen LogP contribution in [0.2, 0.25) is 0 Å². The van der Waals surface area contributed by atoms with Crippen LogP contribution < -0.4 is 10.1 Å². The van der Waals surface area contributed by atoms with Gasteiger partial charge in [-0.15, -0.1) is 0 Å². The van der Waals surface area contributed by atoms with E-state index in [0.717, 1.165) is 12.1 Å². The lowest BCUT2D eigenvalue weighted by molar-refractivity contribution is -0.00160. The van der Waals surface area contributed by atoms with E-state index < -0.39 is 23.1 Å². The molecule has 6 heteroatoms. The predicted octanol–water partition coefficient (Wildman–Crippen LogP) is 2.36. The molecule has 0 bridgehead atoms. The number of aliphatic hydroxyl groups is 1. The van der Waals surface area contributed by atoms with Crippen molar-refractivity contribution in [2.45, 2.75) is 12.0 Å². The molecule has 0 spiro atoms. The zero-order valence-electron chi connectivity index (χ0n) is 12.2. The smallest absolute Gasteiger partial charge is 0.251 e. The first-order valence-corrected chi connectivity index (χ1v) is 7.17. The first-order valence-electron chi connectivity index (χ1n) is 7.17. The highest BCUT2D eigenvalue weighted by Crippen LogP contribution is 2.36. The molecule has 3 rings (SSSR count). The molecular formula is C17H15F2NO3. The minimum Gasteiger partial charge on any atom is -0.493 e. The second-order valence-electron chi connectivity index (χ2n) is 5.44. The summed E-state index contributed by atoms with van der Waals surface area (Å²) in [5.41, 5.74) is -0.673. The fourth-order valence-electron chi connectivity index (χ4n) is 2.59. The maximum atomic E-state index is 13.2. The Balaban J connectivity index is 1.75. The molecule has 2 aromatic rings. The van der Waals surface area contributed by atoms with Crippen LogP contribution in [0.15, 0.2) is 42.5 Å². The zero-order chi connectivity index (χ0) is 16.4. The van der Waals surface area contributed by atoms with Gasteiger partial charge in [0, 0.05) is 17.5 Å². The molecule has 4 nitrogen and oxygen atoms in total. The van der Waals surface area contributed by atoms with Crippen molar-refractivity contribution in [2.75, 3.05) is 13.2 Å². The van der Waals surface area contributed by atoms with Gasteiger partial charge in [0.25, 0.3) is 5.91 Å². The van der Waals surface area contributed by atoms with Crippen LogP contribution in [0.25, 0.3) is 0 Å². The molecule has 0 aliphatic carbocycles. The highest BCUT2D eigenvalue weighted by Gasteiger charge is 2.35. The molecule has 0 aromatic heterocycles. The minimum atomic E-state index is -1.26. The Kier molecular flexibility index (Phi) is 4.00. The van der Waals surface area contributed by atoms with Crippen LogP contribution in [0.4, 0.5) is 8.78 Å². The van der Waals surface area contributed by atoms with Crippen LogP contribution >= 0.6 is 0 Å². The number of nitrogens with one attached hydrogen (secondary N) is 1. The van der Waals surface area contributed by atoms with E-state index in [4.69, 9.17) is 4.74 Å². The van der Waals surface area contributed by atoms with Crippen molar-refractivity contribution >= 4 is 5.91 Å². The fourth-order valence-corrected chi connectivity index (χ4v) is 2.59. The summed E-state index contributed by atoms with van der Waals surface area (Å²) in [6.07, 6.45) is 0.322. The van der Waals surface area contributed by atoms with Gasteiger partial charge in [0.15, 0.2) is 11.6 Å². The zero-order valence-corrected chi connectivity index (χ0v) is 12.2. The molecule has 1 heterocycles. The molecule has 2 N–H and O–H groups in total. The third kappa shape index (κ3) is 3.03. The normalized spacial score (nSPS) is 19.6. The van der Waals surface area contributed by atoms with Gasteiger partial charge < -0.3 is 15.2 Å². The van der Waals surface area contributed by atoms with Crippen molar-refractivity contribution in [1.29, 1.82) is 0 Å². The van der Waals surface area contributed by atoms with Crippen LogP contribution in [0.5, 0.6) is 5.75 Å². The van der Waals surface area contributed by atoms with Gasteiger partial charge in [0.1, 0.15) is 11.4 Å². The van der Waals surface area contributed by atoms with Gasteiger partial charge in [0.05, 0.1) is 13.2 Å². The van der Waals surface area contributed by atoms with Gasteiger partial charge in [-0.3, -0.25) is 4.79 Å². The average molecular weight is 319 g/mol. The number of ether oxygens (including phenoxy) is 1. The van der Waals surface area contributed by atoms with Crippen molar-refractivity contribution in [2.24, 2.45) is 0 Å². The summed E-state index contributed by atoms with van der Waals surface area (Å²) in [5, 5.41) is 13.4. The third-order valence-corrected chi connectivity index (χ3v) is 3.88. The lowest BCUT2D eigenvalue weighted by Gasteiger charge is -2.34. The van der Waals surface area contributed by atoms with Crippen molar-refractivity contribution in [3.63, 3.8) is 0 Å². The van der Waals surface area contributed by atoms with Gasteiger partial charge in [-0.05, 0) is 24.3 Å². The van der Waals surface area contributed by atoms with Crippen molar-refractivity contribution in [3.05, 3.63) is 65.2 Å². The summed E-state index contributed by atoms with van der Waals surface area (Å²) in [6, 6.07) is 9.96. The summed E-state index contributed by atoms with van der Waals surface area (Å²) >= 11 is 0. The number of para-hydroxylation sites is 1. The molecule has 1 atom stereocenters. The maximum Gasteiger partial charge on any atom is 0.251 e. The van der Waals surface area contributed by atoms with E-state index >= 15 is 0 Å². The van der Waals surface area contributed by atoms with E-state index in [-0.39, 0.29) is 12.1 Å². The van der Waals surface area contributed by atoms with E-state index in [9.17, 15) is 18.7 Å². The van der Waals surface area contributed by atoms with Crippen molar-refractivity contribution < 1.29 is 23.4 Å².